The van der Waals surface area contributed by atoms with E-state index in [4.69, 9.17) is 14.6 Å². The van der Waals surface area contributed by atoms with Crippen LogP contribution in [0, 0.1) is 0 Å². The van der Waals surface area contributed by atoms with E-state index in [1.807, 2.05) is 12.1 Å². The van der Waals surface area contributed by atoms with Crippen LogP contribution >= 0.6 is 11.8 Å². The van der Waals surface area contributed by atoms with Gasteiger partial charge >= 0.3 is 5.97 Å². The Bertz CT molecular complexity index is 472. The van der Waals surface area contributed by atoms with Gasteiger partial charge in [-0.3, -0.25) is 0 Å². The Morgan fingerprint density at radius 3 is 2.74 bits per heavy atom. The molecule has 1 aliphatic heterocycles. The first-order valence-electron chi connectivity index (χ1n) is 5.97. The van der Waals surface area contributed by atoms with Crippen LogP contribution in [0.15, 0.2) is 23.1 Å². The second-order valence-corrected chi connectivity index (χ2v) is 5.58. The van der Waals surface area contributed by atoms with Crippen molar-refractivity contribution in [3.63, 3.8) is 0 Å². The van der Waals surface area contributed by atoms with Crippen molar-refractivity contribution in [1.82, 2.24) is 0 Å². The van der Waals surface area contributed by atoms with E-state index in [9.17, 15) is 9.90 Å². The van der Waals surface area contributed by atoms with Gasteiger partial charge in [0, 0.05) is 17.1 Å². The summed E-state index contributed by atoms with van der Waals surface area (Å²) in [4.78, 5) is 11.7. The molecule has 104 valence electrons. The maximum Gasteiger partial charge on any atom is 0.336 e. The number of carbonyl (C=O) groups is 1. The lowest BCUT2D eigenvalue weighted by molar-refractivity contribution is -0.154. The lowest BCUT2D eigenvalue weighted by atomic mass is 10.1. The van der Waals surface area contributed by atoms with Crippen LogP contribution in [0.5, 0.6) is 11.5 Å². The predicted octanol–water partition coefficient (Wildman–Crippen LogP) is 1.78. The zero-order valence-corrected chi connectivity index (χ0v) is 11.4. The van der Waals surface area contributed by atoms with Crippen LogP contribution in [0.3, 0.4) is 0 Å². The van der Waals surface area contributed by atoms with Crippen molar-refractivity contribution in [3.8, 4) is 11.5 Å². The zero-order valence-electron chi connectivity index (χ0n) is 10.6. The number of carboxylic acid groups (broad SMARTS) is 1. The molecule has 0 fully saturated rings. The van der Waals surface area contributed by atoms with E-state index in [0.717, 1.165) is 11.3 Å². The molecule has 2 rings (SSSR count). The number of rotatable bonds is 4. The molecule has 0 spiro atoms. The minimum Gasteiger partial charge on any atom is -0.490 e. The Labute approximate surface area is 115 Å². The summed E-state index contributed by atoms with van der Waals surface area (Å²) < 4.78 is 11.1. The Morgan fingerprint density at radius 2 is 2.05 bits per heavy atom. The van der Waals surface area contributed by atoms with Crippen molar-refractivity contribution in [2.75, 3.05) is 19.0 Å². The normalized spacial score (nSPS) is 17.4. The highest BCUT2D eigenvalue weighted by molar-refractivity contribution is 7.99. The van der Waals surface area contributed by atoms with Gasteiger partial charge in [0.25, 0.3) is 0 Å². The Balaban J connectivity index is 2.06. The molecule has 0 saturated carbocycles. The van der Waals surface area contributed by atoms with Gasteiger partial charge in [0.1, 0.15) is 0 Å². The van der Waals surface area contributed by atoms with Crippen molar-refractivity contribution < 1.29 is 24.5 Å². The molecule has 1 atom stereocenters. The van der Waals surface area contributed by atoms with Gasteiger partial charge in [-0.05, 0) is 25.1 Å². The Kier molecular flexibility index (Phi) is 4.21. The zero-order chi connectivity index (χ0) is 13.9. The largest absolute Gasteiger partial charge is 0.490 e. The van der Waals surface area contributed by atoms with Crippen LogP contribution in [-0.2, 0) is 4.79 Å². The lowest BCUT2D eigenvalue weighted by Gasteiger charge is -2.17. The average Bonchev–Trinajstić information content (AvgIpc) is 2.60. The second kappa shape index (κ2) is 5.71. The number of aliphatic hydroxyl groups is 1. The summed E-state index contributed by atoms with van der Waals surface area (Å²) in [6.07, 6.45) is 0.838. The molecule has 6 heteroatoms. The second-order valence-electron chi connectivity index (χ2n) is 4.53. The summed E-state index contributed by atoms with van der Waals surface area (Å²) in [6, 6.07) is 5.44. The quantitative estimate of drug-likeness (QED) is 0.821. The summed E-state index contributed by atoms with van der Waals surface area (Å²) in [5, 5.41) is 18.5. The summed E-state index contributed by atoms with van der Waals surface area (Å²) in [6.45, 7) is 2.52. The number of aliphatic carboxylic acids is 1. The number of ether oxygens (including phenoxy) is 2. The number of hydrogen-bond acceptors (Lipinski definition) is 5. The van der Waals surface area contributed by atoms with E-state index < -0.39 is 11.6 Å². The number of benzene rings is 1. The van der Waals surface area contributed by atoms with Gasteiger partial charge in [-0.15, -0.1) is 11.8 Å². The van der Waals surface area contributed by atoms with Crippen LogP contribution in [-0.4, -0.2) is 40.8 Å². The van der Waals surface area contributed by atoms with E-state index >= 15 is 0 Å². The molecule has 0 saturated heterocycles. The summed E-state index contributed by atoms with van der Waals surface area (Å²) >= 11 is 1.27. The molecule has 19 heavy (non-hydrogen) atoms. The fourth-order valence-corrected chi connectivity index (χ4v) is 2.44. The first kappa shape index (κ1) is 14.0. The van der Waals surface area contributed by atoms with Gasteiger partial charge in [0.05, 0.1) is 13.2 Å². The van der Waals surface area contributed by atoms with Gasteiger partial charge < -0.3 is 19.7 Å². The molecule has 5 nitrogen and oxygen atoms in total. The van der Waals surface area contributed by atoms with Gasteiger partial charge in [-0.1, -0.05) is 0 Å². The van der Waals surface area contributed by atoms with E-state index in [2.05, 4.69) is 0 Å². The average molecular weight is 284 g/mol. The van der Waals surface area contributed by atoms with E-state index in [1.165, 1.54) is 18.7 Å². The van der Waals surface area contributed by atoms with Gasteiger partial charge in [0.2, 0.25) is 0 Å². The summed E-state index contributed by atoms with van der Waals surface area (Å²) in [7, 11) is 0. The van der Waals surface area contributed by atoms with Gasteiger partial charge in [0.15, 0.2) is 17.1 Å². The molecule has 0 aromatic heterocycles. The van der Waals surface area contributed by atoms with Crippen molar-refractivity contribution in [1.29, 1.82) is 0 Å². The first-order valence-corrected chi connectivity index (χ1v) is 6.96. The highest BCUT2D eigenvalue weighted by Crippen LogP contribution is 2.34. The molecule has 1 heterocycles. The van der Waals surface area contributed by atoms with Crippen LogP contribution in [0.25, 0.3) is 0 Å². The molecular weight excluding hydrogens is 268 g/mol. The molecule has 0 radical (unpaired) electrons. The third-order valence-corrected chi connectivity index (χ3v) is 3.99. The van der Waals surface area contributed by atoms with Crippen LogP contribution in [0.4, 0.5) is 0 Å². The molecule has 0 bridgehead atoms. The van der Waals surface area contributed by atoms with E-state index in [0.29, 0.717) is 24.7 Å². The molecule has 1 aromatic carbocycles. The molecule has 1 aromatic rings. The van der Waals surface area contributed by atoms with Crippen LogP contribution < -0.4 is 9.47 Å². The first-order chi connectivity index (χ1) is 8.99. The fourth-order valence-electron chi connectivity index (χ4n) is 1.52. The van der Waals surface area contributed by atoms with Crippen molar-refractivity contribution in [2.24, 2.45) is 0 Å². The Hall–Kier alpha value is -1.40. The lowest BCUT2D eigenvalue weighted by Crippen LogP contribution is -2.37. The third kappa shape index (κ3) is 3.54. The molecular formula is C13H16O5S. The maximum atomic E-state index is 10.8. The number of fused-ring (bicyclic) bond motifs is 1. The molecule has 1 unspecified atom stereocenters. The van der Waals surface area contributed by atoms with Crippen molar-refractivity contribution >= 4 is 17.7 Å². The maximum absolute atomic E-state index is 10.8. The molecule has 2 N–H and O–H groups in total. The smallest absolute Gasteiger partial charge is 0.336 e. The molecule has 1 aliphatic rings. The third-order valence-electron chi connectivity index (χ3n) is 2.70. The fraction of sp³-hybridized carbons (Fsp3) is 0.462. The minimum absolute atomic E-state index is 0.0714. The van der Waals surface area contributed by atoms with Gasteiger partial charge in [-0.2, -0.15) is 0 Å². The highest BCUT2D eigenvalue weighted by Gasteiger charge is 2.29. The van der Waals surface area contributed by atoms with Crippen LogP contribution in [0.2, 0.25) is 0 Å². The standard InChI is InChI=1S/C13H16O5S/c1-13(16,12(14)15)8-19-9-3-4-10-11(7-9)18-6-2-5-17-10/h3-4,7,16H,2,5-6,8H2,1H3,(H,14,15). The summed E-state index contributed by atoms with van der Waals surface area (Å²) in [5.74, 6) is 0.209. The molecule has 0 aliphatic carbocycles. The van der Waals surface area contributed by atoms with E-state index in [1.54, 1.807) is 6.07 Å². The summed E-state index contributed by atoms with van der Waals surface area (Å²) in [5.41, 5.74) is -1.74. The van der Waals surface area contributed by atoms with Gasteiger partial charge in [-0.25, -0.2) is 4.79 Å². The van der Waals surface area contributed by atoms with Crippen molar-refractivity contribution in [3.05, 3.63) is 18.2 Å². The topological polar surface area (TPSA) is 76.0 Å². The SMILES string of the molecule is CC(O)(CSc1ccc2c(c1)OCCCO2)C(=O)O. The van der Waals surface area contributed by atoms with Crippen molar-refractivity contribution in [2.45, 2.75) is 23.8 Å². The molecule has 0 amide bonds. The number of hydrogen-bond donors (Lipinski definition) is 2. The van der Waals surface area contributed by atoms with Crippen LogP contribution in [0.1, 0.15) is 13.3 Å². The van der Waals surface area contributed by atoms with E-state index in [-0.39, 0.29) is 5.75 Å². The Morgan fingerprint density at radius 1 is 1.37 bits per heavy atom. The monoisotopic (exact) mass is 284 g/mol. The minimum atomic E-state index is -1.74. The highest BCUT2D eigenvalue weighted by atomic mass is 32.2. The number of thioether (sulfide) groups is 1. The predicted molar refractivity (Wildman–Crippen MR) is 71.0 cm³/mol. The number of carboxylic acids is 1.